The molecule has 0 radical (unpaired) electrons. The third-order valence-electron chi connectivity index (χ3n) is 1.93. The van der Waals surface area contributed by atoms with Crippen LogP contribution in [0, 0.1) is 0 Å². The van der Waals surface area contributed by atoms with Crippen molar-refractivity contribution in [3.63, 3.8) is 0 Å². The molecule has 2 rings (SSSR count). The summed E-state index contributed by atoms with van der Waals surface area (Å²) in [5.41, 5.74) is 1.81. The molecule has 0 aliphatic carbocycles. The van der Waals surface area contributed by atoms with Crippen molar-refractivity contribution in [1.29, 1.82) is 0 Å². The van der Waals surface area contributed by atoms with E-state index in [2.05, 4.69) is 4.99 Å². The molecule has 4 heteroatoms. The van der Waals surface area contributed by atoms with E-state index in [0.717, 1.165) is 11.3 Å². The van der Waals surface area contributed by atoms with Crippen LogP contribution in [0.5, 0.6) is 0 Å². The Balaban J connectivity index is 2.27. The van der Waals surface area contributed by atoms with E-state index in [4.69, 9.17) is 5.11 Å². The molecule has 2 aliphatic rings. The molecule has 66 valence electrons. The molecule has 1 amide bonds. The molecule has 0 aromatic heterocycles. The van der Waals surface area contributed by atoms with Crippen LogP contribution in [-0.2, 0) is 0 Å². The highest BCUT2D eigenvalue weighted by molar-refractivity contribution is 6.12. The second-order valence-corrected chi connectivity index (χ2v) is 2.74. The Bertz CT molecular complexity index is 364. The SMILES string of the molecule is O=C(O)N1C=CC2=NC=CC2=CC1. The average Bonchev–Trinajstić information content (AvgIpc) is 2.44. The topological polar surface area (TPSA) is 52.9 Å². The maximum absolute atomic E-state index is 10.6. The van der Waals surface area contributed by atoms with Crippen LogP contribution in [0.15, 0.2) is 41.2 Å². The van der Waals surface area contributed by atoms with Gasteiger partial charge in [-0.3, -0.25) is 9.89 Å². The molecule has 0 unspecified atom stereocenters. The maximum Gasteiger partial charge on any atom is 0.411 e. The molecule has 4 nitrogen and oxygen atoms in total. The van der Waals surface area contributed by atoms with Crippen molar-refractivity contribution >= 4 is 11.8 Å². The van der Waals surface area contributed by atoms with Gasteiger partial charge in [-0.05, 0) is 17.7 Å². The van der Waals surface area contributed by atoms with E-state index in [1.165, 1.54) is 11.1 Å². The van der Waals surface area contributed by atoms with Crippen LogP contribution in [0.25, 0.3) is 0 Å². The summed E-state index contributed by atoms with van der Waals surface area (Å²) in [5, 5.41) is 8.71. The average molecular weight is 176 g/mol. The summed E-state index contributed by atoms with van der Waals surface area (Å²) in [6.45, 7) is 0.379. The summed E-state index contributed by atoms with van der Waals surface area (Å²) in [7, 11) is 0. The van der Waals surface area contributed by atoms with Crippen LogP contribution >= 0.6 is 0 Å². The highest BCUT2D eigenvalue weighted by Gasteiger charge is 2.13. The number of carbonyl (C=O) groups is 1. The van der Waals surface area contributed by atoms with Crippen LogP contribution < -0.4 is 0 Å². The summed E-state index contributed by atoms with van der Waals surface area (Å²) < 4.78 is 0. The van der Waals surface area contributed by atoms with Gasteiger partial charge in [-0.2, -0.15) is 0 Å². The van der Waals surface area contributed by atoms with Crippen molar-refractivity contribution in [2.75, 3.05) is 6.54 Å². The molecule has 0 atom stereocenters. The van der Waals surface area contributed by atoms with Gasteiger partial charge in [0.05, 0.1) is 5.71 Å². The quantitative estimate of drug-likeness (QED) is 0.606. The van der Waals surface area contributed by atoms with Gasteiger partial charge in [0, 0.05) is 18.9 Å². The standard InChI is InChI=1S/C9H8N2O2/c12-9(13)11-5-2-7-1-4-10-8(7)3-6-11/h1-4,6H,5H2,(H,12,13). The van der Waals surface area contributed by atoms with Gasteiger partial charge >= 0.3 is 6.09 Å². The lowest BCUT2D eigenvalue weighted by atomic mass is 10.2. The van der Waals surface area contributed by atoms with Crippen LogP contribution in [0.1, 0.15) is 0 Å². The minimum absolute atomic E-state index is 0.379. The van der Waals surface area contributed by atoms with Crippen molar-refractivity contribution in [2.24, 2.45) is 4.99 Å². The summed E-state index contributed by atoms with van der Waals surface area (Å²) in [6, 6.07) is 0. The molecular formula is C9H8N2O2. The highest BCUT2D eigenvalue weighted by Crippen LogP contribution is 2.13. The van der Waals surface area contributed by atoms with Crippen molar-refractivity contribution in [1.82, 2.24) is 4.90 Å². The predicted octanol–water partition coefficient (Wildman–Crippen LogP) is 1.39. The number of aliphatic imine (C=N–C) groups is 1. The van der Waals surface area contributed by atoms with Crippen LogP contribution in [0.3, 0.4) is 0 Å². The Morgan fingerprint density at radius 3 is 3.15 bits per heavy atom. The summed E-state index contributed by atoms with van der Waals surface area (Å²) in [6.07, 6.45) is 7.70. The Kier molecular flexibility index (Phi) is 1.73. The number of hydrogen-bond acceptors (Lipinski definition) is 2. The Morgan fingerprint density at radius 1 is 1.54 bits per heavy atom. The number of rotatable bonds is 0. The Morgan fingerprint density at radius 2 is 2.38 bits per heavy atom. The minimum atomic E-state index is -0.947. The number of amides is 1. The molecule has 2 heterocycles. The molecule has 0 aromatic rings. The first-order valence-corrected chi connectivity index (χ1v) is 3.90. The molecule has 13 heavy (non-hydrogen) atoms. The van der Waals surface area contributed by atoms with E-state index >= 15 is 0 Å². The third kappa shape index (κ3) is 1.38. The molecule has 0 saturated carbocycles. The normalized spacial score (nSPS) is 19.2. The van der Waals surface area contributed by atoms with E-state index in [1.54, 1.807) is 12.3 Å². The highest BCUT2D eigenvalue weighted by atomic mass is 16.4. The van der Waals surface area contributed by atoms with E-state index in [0.29, 0.717) is 6.54 Å². The van der Waals surface area contributed by atoms with Crippen molar-refractivity contribution < 1.29 is 9.90 Å². The molecule has 2 aliphatic heterocycles. The van der Waals surface area contributed by atoms with Crippen molar-refractivity contribution in [3.8, 4) is 0 Å². The maximum atomic E-state index is 10.6. The zero-order chi connectivity index (χ0) is 9.26. The van der Waals surface area contributed by atoms with Crippen molar-refractivity contribution in [3.05, 3.63) is 36.2 Å². The lowest BCUT2D eigenvalue weighted by Crippen LogP contribution is -2.23. The monoisotopic (exact) mass is 176 g/mol. The summed E-state index contributed by atoms with van der Waals surface area (Å²) >= 11 is 0. The van der Waals surface area contributed by atoms with Gasteiger partial charge in [-0.1, -0.05) is 6.08 Å². The molecule has 1 N–H and O–H groups in total. The molecule has 0 spiro atoms. The van der Waals surface area contributed by atoms with Gasteiger partial charge in [-0.25, -0.2) is 4.79 Å². The first-order chi connectivity index (χ1) is 6.27. The van der Waals surface area contributed by atoms with E-state index in [1.807, 2.05) is 12.2 Å². The number of allylic oxidation sites excluding steroid dienone is 3. The number of carboxylic acid groups (broad SMARTS) is 1. The lowest BCUT2D eigenvalue weighted by Gasteiger charge is -2.09. The molecular weight excluding hydrogens is 168 g/mol. The van der Waals surface area contributed by atoms with Gasteiger partial charge in [-0.15, -0.1) is 0 Å². The fraction of sp³-hybridized carbons (Fsp3) is 0.111. The second-order valence-electron chi connectivity index (χ2n) is 2.74. The Hall–Kier alpha value is -1.84. The number of hydrogen-bond donors (Lipinski definition) is 1. The largest absolute Gasteiger partial charge is 0.465 e. The van der Waals surface area contributed by atoms with Crippen LogP contribution in [0.2, 0.25) is 0 Å². The van der Waals surface area contributed by atoms with Gasteiger partial charge in [0.25, 0.3) is 0 Å². The predicted molar refractivity (Wildman–Crippen MR) is 48.5 cm³/mol. The molecule has 0 fully saturated rings. The molecule has 0 bridgehead atoms. The smallest absolute Gasteiger partial charge is 0.411 e. The Labute approximate surface area is 75.2 Å². The lowest BCUT2D eigenvalue weighted by molar-refractivity contribution is 0.166. The zero-order valence-corrected chi connectivity index (χ0v) is 6.84. The molecule has 0 saturated heterocycles. The zero-order valence-electron chi connectivity index (χ0n) is 6.84. The van der Waals surface area contributed by atoms with Crippen molar-refractivity contribution in [2.45, 2.75) is 0 Å². The van der Waals surface area contributed by atoms with Crippen LogP contribution in [-0.4, -0.2) is 28.4 Å². The number of fused-ring (bicyclic) bond motifs is 1. The summed E-state index contributed by atoms with van der Waals surface area (Å²) in [5.74, 6) is 0. The van der Waals surface area contributed by atoms with Gasteiger partial charge in [0.2, 0.25) is 0 Å². The van der Waals surface area contributed by atoms with Gasteiger partial charge in [0.1, 0.15) is 0 Å². The third-order valence-corrected chi connectivity index (χ3v) is 1.93. The molecule has 0 aromatic carbocycles. The van der Waals surface area contributed by atoms with E-state index in [9.17, 15) is 4.79 Å². The second kappa shape index (κ2) is 2.90. The van der Waals surface area contributed by atoms with Crippen LogP contribution in [0.4, 0.5) is 4.79 Å². The minimum Gasteiger partial charge on any atom is -0.465 e. The fourth-order valence-corrected chi connectivity index (χ4v) is 1.23. The summed E-state index contributed by atoms with van der Waals surface area (Å²) in [4.78, 5) is 15.9. The van der Waals surface area contributed by atoms with E-state index < -0.39 is 6.09 Å². The van der Waals surface area contributed by atoms with Gasteiger partial charge in [0.15, 0.2) is 0 Å². The number of nitrogens with zero attached hydrogens (tertiary/aromatic N) is 2. The van der Waals surface area contributed by atoms with Gasteiger partial charge < -0.3 is 5.11 Å². The first-order valence-electron chi connectivity index (χ1n) is 3.90. The first kappa shape index (κ1) is 7.79. The fourth-order valence-electron chi connectivity index (χ4n) is 1.23. The van der Waals surface area contributed by atoms with E-state index in [-0.39, 0.29) is 0 Å².